The average molecular weight is 364 g/mol. The van der Waals surface area contributed by atoms with Gasteiger partial charge in [0.15, 0.2) is 11.5 Å². The third kappa shape index (κ3) is 4.36. The van der Waals surface area contributed by atoms with Gasteiger partial charge >= 0.3 is 0 Å². The summed E-state index contributed by atoms with van der Waals surface area (Å²) in [6, 6.07) is 16.1. The molecule has 3 aromatic rings. The van der Waals surface area contributed by atoms with Gasteiger partial charge in [-0.2, -0.15) is 0 Å². The van der Waals surface area contributed by atoms with E-state index in [0.717, 1.165) is 5.56 Å². The Labute approximate surface area is 157 Å². The molecule has 0 aliphatic carbocycles. The molecule has 6 nitrogen and oxygen atoms in total. The summed E-state index contributed by atoms with van der Waals surface area (Å²) in [5.41, 5.74) is 2.07. The van der Waals surface area contributed by atoms with Crippen LogP contribution in [0.15, 0.2) is 60.8 Å². The number of amides is 1. The van der Waals surface area contributed by atoms with E-state index in [1.807, 2.05) is 31.2 Å². The zero-order valence-electron chi connectivity index (χ0n) is 15.4. The Hall–Kier alpha value is -3.54. The minimum absolute atomic E-state index is 0.275. The lowest BCUT2D eigenvalue weighted by Crippen LogP contribution is -2.13. The molecular weight excluding hydrogens is 344 g/mol. The van der Waals surface area contributed by atoms with E-state index in [2.05, 4.69) is 10.3 Å². The first kappa shape index (κ1) is 18.3. The summed E-state index contributed by atoms with van der Waals surface area (Å²) < 4.78 is 16.3. The van der Waals surface area contributed by atoms with Crippen LogP contribution in [0.3, 0.4) is 0 Å². The number of carbonyl (C=O) groups is 1. The van der Waals surface area contributed by atoms with Crippen molar-refractivity contribution in [3.63, 3.8) is 0 Å². The number of nitrogens with one attached hydrogen (secondary N) is 1. The summed E-state index contributed by atoms with van der Waals surface area (Å²) in [6.45, 7) is 1.98. The largest absolute Gasteiger partial charge is 0.496 e. The molecule has 0 spiro atoms. The second kappa shape index (κ2) is 8.23. The molecule has 1 heterocycles. The summed E-state index contributed by atoms with van der Waals surface area (Å²) in [5, 5.41) is 2.79. The highest BCUT2D eigenvalue weighted by Crippen LogP contribution is 2.31. The number of pyridine rings is 1. The number of aromatic nitrogens is 1. The molecule has 0 saturated heterocycles. The number of methoxy groups -OCH3 is 2. The first-order valence-electron chi connectivity index (χ1n) is 8.33. The SMILES string of the molecule is COc1cc(C)ccc1Oc1ccc(NC(=O)c2ccccc2OC)cn1. The van der Waals surface area contributed by atoms with Gasteiger partial charge in [-0.3, -0.25) is 4.79 Å². The van der Waals surface area contributed by atoms with Crippen molar-refractivity contribution in [3.05, 3.63) is 71.9 Å². The molecule has 0 aliphatic rings. The maximum Gasteiger partial charge on any atom is 0.259 e. The fraction of sp³-hybridized carbons (Fsp3) is 0.143. The minimum Gasteiger partial charge on any atom is -0.496 e. The molecule has 3 rings (SSSR count). The number of rotatable bonds is 6. The molecule has 0 fully saturated rings. The first-order valence-corrected chi connectivity index (χ1v) is 8.33. The van der Waals surface area contributed by atoms with Gasteiger partial charge in [0.2, 0.25) is 5.88 Å². The fourth-order valence-electron chi connectivity index (χ4n) is 2.52. The van der Waals surface area contributed by atoms with Crippen LogP contribution in [-0.4, -0.2) is 25.1 Å². The lowest BCUT2D eigenvalue weighted by atomic mass is 10.2. The summed E-state index contributed by atoms with van der Waals surface area (Å²) >= 11 is 0. The van der Waals surface area contributed by atoms with E-state index in [1.165, 1.54) is 13.3 Å². The van der Waals surface area contributed by atoms with Crippen molar-refractivity contribution < 1.29 is 19.0 Å². The molecular formula is C21H20N2O4. The Morgan fingerprint density at radius 1 is 0.926 bits per heavy atom. The molecule has 0 bridgehead atoms. The highest BCUT2D eigenvalue weighted by molar-refractivity contribution is 6.06. The van der Waals surface area contributed by atoms with Crippen molar-refractivity contribution in [2.45, 2.75) is 6.92 Å². The van der Waals surface area contributed by atoms with Crippen LogP contribution >= 0.6 is 0 Å². The van der Waals surface area contributed by atoms with E-state index < -0.39 is 0 Å². The quantitative estimate of drug-likeness (QED) is 0.700. The lowest BCUT2D eigenvalue weighted by molar-refractivity contribution is 0.102. The number of anilines is 1. The maximum atomic E-state index is 12.4. The third-order valence-electron chi connectivity index (χ3n) is 3.88. The van der Waals surface area contributed by atoms with Gasteiger partial charge in [-0.05, 0) is 42.8 Å². The van der Waals surface area contributed by atoms with Gasteiger partial charge in [0.25, 0.3) is 5.91 Å². The van der Waals surface area contributed by atoms with Crippen molar-refractivity contribution in [1.29, 1.82) is 0 Å². The highest BCUT2D eigenvalue weighted by Gasteiger charge is 2.12. The molecule has 6 heteroatoms. The van der Waals surface area contributed by atoms with Crippen molar-refractivity contribution in [3.8, 4) is 23.1 Å². The van der Waals surface area contributed by atoms with E-state index in [9.17, 15) is 4.79 Å². The third-order valence-corrected chi connectivity index (χ3v) is 3.88. The molecule has 1 aromatic heterocycles. The number of hydrogen-bond acceptors (Lipinski definition) is 5. The van der Waals surface area contributed by atoms with Gasteiger partial charge in [0, 0.05) is 6.07 Å². The fourth-order valence-corrected chi connectivity index (χ4v) is 2.52. The summed E-state index contributed by atoms with van der Waals surface area (Å²) in [7, 11) is 3.12. The standard InChI is InChI=1S/C21H20N2O4/c1-14-8-10-18(19(12-14)26-3)27-20-11-9-15(13-22-20)23-21(24)16-6-4-5-7-17(16)25-2/h4-13H,1-3H3,(H,23,24). The Morgan fingerprint density at radius 2 is 1.70 bits per heavy atom. The van der Waals surface area contributed by atoms with Gasteiger partial charge in [-0.1, -0.05) is 18.2 Å². The zero-order valence-corrected chi connectivity index (χ0v) is 15.4. The Balaban J connectivity index is 1.71. The van der Waals surface area contributed by atoms with Crippen molar-refractivity contribution in [2.24, 2.45) is 0 Å². The molecule has 0 radical (unpaired) electrons. The summed E-state index contributed by atoms with van der Waals surface area (Å²) in [5.74, 6) is 1.83. The van der Waals surface area contributed by atoms with Crippen LogP contribution in [0.5, 0.6) is 23.1 Å². The second-order valence-electron chi connectivity index (χ2n) is 5.80. The van der Waals surface area contributed by atoms with Crippen LogP contribution < -0.4 is 19.5 Å². The highest BCUT2D eigenvalue weighted by atomic mass is 16.5. The number of aryl methyl sites for hydroxylation is 1. The van der Waals surface area contributed by atoms with Crippen LogP contribution in [0.25, 0.3) is 0 Å². The minimum atomic E-state index is -0.275. The van der Waals surface area contributed by atoms with Crippen molar-refractivity contribution in [2.75, 3.05) is 19.5 Å². The van der Waals surface area contributed by atoms with E-state index in [1.54, 1.807) is 37.4 Å². The topological polar surface area (TPSA) is 69.7 Å². The molecule has 1 amide bonds. The Bertz CT molecular complexity index is 939. The smallest absolute Gasteiger partial charge is 0.259 e. The molecule has 138 valence electrons. The predicted octanol–water partition coefficient (Wildman–Crippen LogP) is 4.45. The zero-order chi connectivity index (χ0) is 19.2. The Morgan fingerprint density at radius 3 is 2.41 bits per heavy atom. The number of para-hydroxylation sites is 1. The van der Waals surface area contributed by atoms with Crippen molar-refractivity contribution in [1.82, 2.24) is 4.98 Å². The molecule has 0 unspecified atom stereocenters. The summed E-state index contributed by atoms with van der Waals surface area (Å²) in [6.07, 6.45) is 1.53. The predicted molar refractivity (Wildman–Crippen MR) is 103 cm³/mol. The lowest BCUT2D eigenvalue weighted by Gasteiger charge is -2.11. The number of nitrogens with zero attached hydrogens (tertiary/aromatic N) is 1. The molecule has 0 atom stereocenters. The number of benzene rings is 2. The van der Waals surface area contributed by atoms with Crippen LogP contribution in [0, 0.1) is 6.92 Å². The van der Waals surface area contributed by atoms with Crippen LogP contribution in [0.2, 0.25) is 0 Å². The number of hydrogen-bond donors (Lipinski definition) is 1. The van der Waals surface area contributed by atoms with E-state index in [4.69, 9.17) is 14.2 Å². The van der Waals surface area contributed by atoms with E-state index in [0.29, 0.717) is 34.4 Å². The molecule has 27 heavy (non-hydrogen) atoms. The molecule has 1 N–H and O–H groups in total. The molecule has 0 aliphatic heterocycles. The van der Waals surface area contributed by atoms with Crippen molar-refractivity contribution >= 4 is 11.6 Å². The van der Waals surface area contributed by atoms with E-state index in [-0.39, 0.29) is 5.91 Å². The average Bonchev–Trinajstić information content (AvgIpc) is 2.70. The van der Waals surface area contributed by atoms with Gasteiger partial charge in [0.1, 0.15) is 5.75 Å². The monoisotopic (exact) mass is 364 g/mol. The second-order valence-corrected chi connectivity index (χ2v) is 5.80. The normalized spacial score (nSPS) is 10.2. The van der Waals surface area contributed by atoms with Gasteiger partial charge < -0.3 is 19.5 Å². The molecule has 0 saturated carbocycles. The summed E-state index contributed by atoms with van der Waals surface area (Å²) in [4.78, 5) is 16.7. The van der Waals surface area contributed by atoms with Gasteiger partial charge in [-0.25, -0.2) is 4.98 Å². The first-order chi connectivity index (χ1) is 13.1. The van der Waals surface area contributed by atoms with Crippen LogP contribution in [-0.2, 0) is 0 Å². The van der Waals surface area contributed by atoms with Gasteiger partial charge in [-0.15, -0.1) is 0 Å². The number of ether oxygens (including phenoxy) is 3. The van der Waals surface area contributed by atoms with Crippen LogP contribution in [0.1, 0.15) is 15.9 Å². The number of carbonyl (C=O) groups excluding carboxylic acids is 1. The maximum absolute atomic E-state index is 12.4. The molecule has 2 aromatic carbocycles. The van der Waals surface area contributed by atoms with Gasteiger partial charge in [0.05, 0.1) is 31.7 Å². The Kier molecular flexibility index (Phi) is 5.56. The van der Waals surface area contributed by atoms with Crippen LogP contribution in [0.4, 0.5) is 5.69 Å². The van der Waals surface area contributed by atoms with E-state index >= 15 is 0 Å².